The molecule has 1 fully saturated rings. The summed E-state index contributed by atoms with van der Waals surface area (Å²) in [7, 11) is 0. The van der Waals surface area contributed by atoms with E-state index in [1.165, 1.54) is 0 Å². The van der Waals surface area contributed by atoms with Crippen molar-refractivity contribution in [2.45, 2.75) is 32.9 Å². The van der Waals surface area contributed by atoms with Crippen LogP contribution < -0.4 is 10.1 Å². The zero-order chi connectivity index (χ0) is 32.2. The van der Waals surface area contributed by atoms with Crippen LogP contribution in [0.4, 0.5) is 5.69 Å². The number of aliphatic carboxylic acids is 2. The first-order valence-electron chi connectivity index (χ1n) is 14.6. The molecule has 1 saturated heterocycles. The number of esters is 1. The van der Waals surface area contributed by atoms with Crippen LogP contribution in [-0.4, -0.2) is 74.7 Å². The van der Waals surface area contributed by atoms with Crippen LogP contribution in [0, 0.1) is 5.92 Å². The van der Waals surface area contributed by atoms with Crippen molar-refractivity contribution < 1.29 is 38.9 Å². The van der Waals surface area contributed by atoms with Gasteiger partial charge < -0.3 is 29.6 Å². The van der Waals surface area contributed by atoms with E-state index in [1.54, 1.807) is 31.2 Å². The molecule has 1 aromatic heterocycles. The third-order valence-electron chi connectivity index (χ3n) is 7.22. The Morgan fingerprint density at radius 3 is 2.18 bits per heavy atom. The van der Waals surface area contributed by atoms with Crippen LogP contribution in [0.25, 0.3) is 11.0 Å². The molecule has 2 heterocycles. The fourth-order valence-corrected chi connectivity index (χ4v) is 5.00. The molecule has 0 aliphatic carbocycles. The Hall–Kier alpha value is -5.23. The fraction of sp³-hybridized carbons (Fsp3) is 0.303. The molecule has 12 heteroatoms. The SMILES string of the molecule is CCOC(=O)c1ccc(NC(=O)CN2CCC(Cn3c(COc4ccccc4)nc4ccccc43)CC2)cc1.O=C(O)C(=O)O. The van der Waals surface area contributed by atoms with Gasteiger partial charge in [0.15, 0.2) is 0 Å². The van der Waals surface area contributed by atoms with Crippen LogP contribution in [0.2, 0.25) is 0 Å². The first kappa shape index (κ1) is 32.7. The molecule has 0 radical (unpaired) electrons. The predicted octanol–water partition coefficient (Wildman–Crippen LogP) is 4.30. The number of aromatic nitrogens is 2. The van der Waals surface area contributed by atoms with Gasteiger partial charge in [0.1, 0.15) is 18.2 Å². The molecule has 3 N–H and O–H groups in total. The van der Waals surface area contributed by atoms with Crippen LogP contribution in [-0.2, 0) is 32.3 Å². The lowest BCUT2D eigenvalue weighted by Gasteiger charge is -2.32. The fourth-order valence-electron chi connectivity index (χ4n) is 5.00. The first-order chi connectivity index (χ1) is 21.7. The molecular formula is C33H36N4O8. The van der Waals surface area contributed by atoms with Crippen molar-refractivity contribution in [1.29, 1.82) is 0 Å². The number of rotatable bonds is 10. The minimum Gasteiger partial charge on any atom is -0.486 e. The molecule has 1 aliphatic heterocycles. The number of benzene rings is 3. The van der Waals surface area contributed by atoms with Crippen molar-refractivity contribution in [3.05, 3.63) is 90.3 Å². The standard InChI is InChI=1S/C31H34N4O4.C2H2O4/c1-2-38-31(37)24-12-14-25(15-13-24)32-30(36)21-34-18-16-23(17-19-34)20-35-28-11-7-6-10-27(28)33-29(35)22-39-26-8-4-3-5-9-26;3-1(4)2(5)6/h3-15,23H,2,16-22H2,1H3,(H,32,36);(H,3,4)(H,5,6). The van der Waals surface area contributed by atoms with Crippen molar-refractivity contribution >= 4 is 40.5 Å². The van der Waals surface area contributed by atoms with Gasteiger partial charge in [0.05, 0.1) is 29.7 Å². The number of imidazole rings is 1. The van der Waals surface area contributed by atoms with Crippen molar-refractivity contribution in [3.8, 4) is 5.75 Å². The summed E-state index contributed by atoms with van der Waals surface area (Å²) in [5, 5.41) is 17.7. The Balaban J connectivity index is 0.000000700. The molecule has 1 amide bonds. The maximum absolute atomic E-state index is 12.6. The maximum atomic E-state index is 12.6. The Morgan fingerprint density at radius 2 is 1.53 bits per heavy atom. The van der Waals surface area contributed by atoms with Gasteiger partial charge in [0.2, 0.25) is 5.91 Å². The number of para-hydroxylation sites is 3. The van der Waals surface area contributed by atoms with E-state index in [9.17, 15) is 9.59 Å². The van der Waals surface area contributed by atoms with Gasteiger partial charge in [-0.2, -0.15) is 0 Å². The second kappa shape index (κ2) is 16.0. The number of fused-ring (bicyclic) bond motifs is 1. The molecule has 5 rings (SSSR count). The minimum absolute atomic E-state index is 0.0571. The van der Waals surface area contributed by atoms with Gasteiger partial charge in [-0.3, -0.25) is 9.69 Å². The maximum Gasteiger partial charge on any atom is 0.414 e. The van der Waals surface area contributed by atoms with Gasteiger partial charge in [0.25, 0.3) is 0 Å². The Morgan fingerprint density at radius 1 is 0.889 bits per heavy atom. The van der Waals surface area contributed by atoms with Crippen molar-refractivity contribution in [3.63, 3.8) is 0 Å². The zero-order valence-corrected chi connectivity index (χ0v) is 24.9. The molecular weight excluding hydrogens is 580 g/mol. The molecule has 3 aromatic carbocycles. The predicted molar refractivity (Wildman–Crippen MR) is 166 cm³/mol. The van der Waals surface area contributed by atoms with E-state index in [0.29, 0.717) is 36.9 Å². The third kappa shape index (κ3) is 9.63. The van der Waals surface area contributed by atoms with Crippen LogP contribution in [0.3, 0.4) is 0 Å². The number of carboxylic acid groups (broad SMARTS) is 2. The summed E-state index contributed by atoms with van der Waals surface area (Å²) in [6.45, 7) is 5.46. The van der Waals surface area contributed by atoms with Gasteiger partial charge in [-0.1, -0.05) is 30.3 Å². The second-order valence-corrected chi connectivity index (χ2v) is 10.4. The lowest BCUT2D eigenvalue weighted by atomic mass is 9.96. The molecule has 0 atom stereocenters. The number of hydrogen-bond acceptors (Lipinski definition) is 8. The monoisotopic (exact) mass is 616 g/mol. The third-order valence-corrected chi connectivity index (χ3v) is 7.22. The van der Waals surface area contributed by atoms with E-state index in [0.717, 1.165) is 55.1 Å². The lowest BCUT2D eigenvalue weighted by molar-refractivity contribution is -0.159. The highest BCUT2D eigenvalue weighted by atomic mass is 16.5. The smallest absolute Gasteiger partial charge is 0.414 e. The second-order valence-electron chi connectivity index (χ2n) is 10.4. The zero-order valence-electron chi connectivity index (χ0n) is 24.9. The number of ether oxygens (including phenoxy) is 2. The number of nitrogens with zero attached hydrogens (tertiary/aromatic N) is 3. The van der Waals surface area contributed by atoms with Gasteiger partial charge in [-0.25, -0.2) is 19.4 Å². The number of carbonyl (C=O) groups is 4. The molecule has 0 bridgehead atoms. The van der Waals surface area contributed by atoms with Gasteiger partial charge in [-0.05, 0) is 87.3 Å². The van der Waals surface area contributed by atoms with E-state index in [-0.39, 0.29) is 11.9 Å². The van der Waals surface area contributed by atoms with E-state index in [1.807, 2.05) is 48.5 Å². The lowest BCUT2D eigenvalue weighted by Crippen LogP contribution is -2.40. The van der Waals surface area contributed by atoms with Gasteiger partial charge in [-0.15, -0.1) is 0 Å². The summed E-state index contributed by atoms with van der Waals surface area (Å²) in [4.78, 5) is 49.7. The molecule has 0 saturated carbocycles. The highest BCUT2D eigenvalue weighted by Gasteiger charge is 2.23. The summed E-state index contributed by atoms with van der Waals surface area (Å²) >= 11 is 0. The number of likely N-dealkylation sites (tertiary alicyclic amines) is 1. The Bertz CT molecular complexity index is 1580. The van der Waals surface area contributed by atoms with Crippen LogP contribution in [0.1, 0.15) is 35.9 Å². The van der Waals surface area contributed by atoms with E-state index < -0.39 is 11.9 Å². The molecule has 12 nitrogen and oxygen atoms in total. The van der Waals surface area contributed by atoms with E-state index >= 15 is 0 Å². The molecule has 0 spiro atoms. The van der Waals surface area contributed by atoms with Crippen LogP contribution >= 0.6 is 0 Å². The molecule has 4 aromatic rings. The number of carboxylic acids is 2. The first-order valence-corrected chi connectivity index (χ1v) is 14.6. The summed E-state index contributed by atoms with van der Waals surface area (Å²) in [5.74, 6) is -1.82. The normalized spacial score (nSPS) is 13.4. The van der Waals surface area contributed by atoms with Crippen LogP contribution in [0.15, 0.2) is 78.9 Å². The molecule has 236 valence electrons. The topological polar surface area (TPSA) is 160 Å². The summed E-state index contributed by atoms with van der Waals surface area (Å²) in [5.41, 5.74) is 3.24. The quantitative estimate of drug-likeness (QED) is 0.173. The van der Waals surface area contributed by atoms with E-state index in [4.69, 9.17) is 34.3 Å². The van der Waals surface area contributed by atoms with E-state index in [2.05, 4.69) is 20.9 Å². The number of anilines is 1. The number of carbonyl (C=O) groups excluding carboxylic acids is 2. The summed E-state index contributed by atoms with van der Waals surface area (Å²) in [6.07, 6.45) is 2.01. The average molecular weight is 617 g/mol. The van der Waals surface area contributed by atoms with Crippen molar-refractivity contribution in [1.82, 2.24) is 14.5 Å². The highest BCUT2D eigenvalue weighted by Crippen LogP contribution is 2.24. The number of piperidine rings is 1. The minimum atomic E-state index is -1.82. The molecule has 0 unspecified atom stereocenters. The van der Waals surface area contributed by atoms with Gasteiger partial charge in [0, 0.05) is 12.2 Å². The highest BCUT2D eigenvalue weighted by molar-refractivity contribution is 6.27. The Labute approximate surface area is 260 Å². The number of nitrogens with one attached hydrogen (secondary N) is 1. The Kier molecular flexibility index (Phi) is 11.6. The molecule has 45 heavy (non-hydrogen) atoms. The number of amides is 1. The van der Waals surface area contributed by atoms with Crippen molar-refractivity contribution in [2.75, 3.05) is 31.6 Å². The van der Waals surface area contributed by atoms with Crippen LogP contribution in [0.5, 0.6) is 5.75 Å². The van der Waals surface area contributed by atoms with Crippen molar-refractivity contribution in [2.24, 2.45) is 5.92 Å². The summed E-state index contributed by atoms with van der Waals surface area (Å²) < 4.78 is 13.3. The number of hydrogen-bond donors (Lipinski definition) is 3. The van der Waals surface area contributed by atoms with Gasteiger partial charge >= 0.3 is 17.9 Å². The average Bonchev–Trinajstić information content (AvgIpc) is 3.39. The summed E-state index contributed by atoms with van der Waals surface area (Å²) in [6, 6.07) is 24.8. The largest absolute Gasteiger partial charge is 0.486 e. The molecule has 1 aliphatic rings.